The Hall–Kier alpha value is -3.26. The first-order valence-corrected chi connectivity index (χ1v) is 10.7. The molecule has 13 heteroatoms. The number of amides is 1. The zero-order chi connectivity index (χ0) is 28.0. The molecule has 0 spiro atoms. The maximum atomic E-state index is 10.3. The molecule has 0 saturated heterocycles. The third-order valence-corrected chi connectivity index (χ3v) is 3.66. The molecule has 202 valence electrons. The Balaban J connectivity index is -0.000000420. The van der Waals surface area contributed by atoms with Crippen LogP contribution in [0, 0.1) is 0 Å². The Labute approximate surface area is 207 Å². The van der Waals surface area contributed by atoms with E-state index in [-0.39, 0.29) is 18.5 Å². The molecule has 0 aliphatic rings. The molecule has 1 amide bonds. The summed E-state index contributed by atoms with van der Waals surface area (Å²) in [6, 6.07) is 7.50. The number of hydrogen-bond acceptors (Lipinski definition) is 8. The van der Waals surface area contributed by atoms with Crippen molar-refractivity contribution in [2.24, 2.45) is 33.7 Å². The van der Waals surface area contributed by atoms with Gasteiger partial charge in [0.05, 0.1) is 33.7 Å². The molecule has 35 heavy (non-hydrogen) atoms. The van der Waals surface area contributed by atoms with Gasteiger partial charge in [-0.25, -0.2) is 0 Å². The summed E-state index contributed by atoms with van der Waals surface area (Å²) in [6.07, 6.45) is 1.28. The molecule has 0 aliphatic heterocycles. The molecule has 0 heterocycles. The van der Waals surface area contributed by atoms with Gasteiger partial charge in [-0.1, -0.05) is 30.3 Å². The number of carboxylic acids is 2. The number of aliphatic imine (C=N–C) groups is 1. The molecule has 1 aromatic carbocycles. The van der Waals surface area contributed by atoms with Gasteiger partial charge in [0.15, 0.2) is 5.96 Å². The number of aliphatic hydroxyl groups excluding tert-OH is 1. The minimum absolute atomic E-state index is 0.0129. The second-order valence-electron chi connectivity index (χ2n) is 8.36. The third kappa shape index (κ3) is 33.0. The molecule has 0 radical (unpaired) electrons. The Morgan fingerprint density at radius 1 is 1.03 bits per heavy atom. The maximum Gasteiger partial charge on any atom is 0.320 e. The molecule has 0 fully saturated rings. The van der Waals surface area contributed by atoms with E-state index < -0.39 is 24.0 Å². The Morgan fingerprint density at radius 3 is 1.83 bits per heavy atom. The summed E-state index contributed by atoms with van der Waals surface area (Å²) >= 11 is 0. The number of quaternary nitrogens is 1. The van der Waals surface area contributed by atoms with Crippen LogP contribution >= 0.6 is 0 Å². The normalized spacial score (nSPS) is 11.5. The van der Waals surface area contributed by atoms with Gasteiger partial charge in [0.25, 0.3) is 0 Å². The van der Waals surface area contributed by atoms with Gasteiger partial charge in [-0.2, -0.15) is 0 Å². The highest BCUT2D eigenvalue weighted by Crippen LogP contribution is 2.00. The van der Waals surface area contributed by atoms with E-state index in [1.54, 1.807) is 0 Å². The highest BCUT2D eigenvalue weighted by Gasteiger charge is 2.09. The molecule has 2 atom stereocenters. The molecule has 0 unspecified atom stereocenters. The van der Waals surface area contributed by atoms with Crippen LogP contribution in [-0.2, 0) is 20.8 Å². The van der Waals surface area contributed by atoms with Gasteiger partial charge in [-0.15, -0.1) is 0 Å². The van der Waals surface area contributed by atoms with E-state index in [2.05, 4.69) is 31.9 Å². The fourth-order valence-corrected chi connectivity index (χ4v) is 1.89. The number of aliphatic hydroxyl groups is 1. The minimum atomic E-state index is -1.21. The quantitative estimate of drug-likeness (QED) is 0.0736. The summed E-state index contributed by atoms with van der Waals surface area (Å²) in [5.41, 5.74) is 26.0. The number of aliphatic carboxylic acids is 2. The lowest BCUT2D eigenvalue weighted by Gasteiger charge is -2.21. The molecule has 0 bridgehead atoms. The van der Waals surface area contributed by atoms with Crippen molar-refractivity contribution in [3.05, 3.63) is 35.9 Å². The van der Waals surface area contributed by atoms with Crippen molar-refractivity contribution in [1.82, 2.24) is 0 Å². The highest BCUT2D eigenvalue weighted by molar-refractivity contribution is 5.75. The zero-order valence-corrected chi connectivity index (χ0v) is 21.1. The molecule has 0 aliphatic carbocycles. The summed E-state index contributed by atoms with van der Waals surface area (Å²) in [6.45, 7) is 2.84. The van der Waals surface area contributed by atoms with Crippen LogP contribution in [0.4, 0.5) is 0 Å². The lowest BCUT2D eigenvalue weighted by Crippen LogP contribution is -2.43. The first kappa shape index (κ1) is 36.3. The molecular formula is C22H43N7O6. The van der Waals surface area contributed by atoms with E-state index in [0.29, 0.717) is 25.8 Å². The smallest absolute Gasteiger partial charge is 0.320 e. The Morgan fingerprint density at radius 2 is 1.51 bits per heavy atom. The zero-order valence-electron chi connectivity index (χ0n) is 21.1. The van der Waals surface area contributed by atoms with E-state index in [9.17, 15) is 19.5 Å². The lowest BCUT2D eigenvalue weighted by atomic mass is 10.1. The van der Waals surface area contributed by atoms with Gasteiger partial charge >= 0.3 is 5.97 Å². The highest BCUT2D eigenvalue weighted by atomic mass is 16.4. The standard InChI is InChI=1S/C9H11NO2.C6H14N4O2.C5H14NO.C2H5NO/c10-8(9(11)12)6-7-4-2-1-3-5-7;7-4(5(11)12)2-1-3-10-6(8)9;1-6(2,3)4-5-7;1-2(3)4/h1-5,8H,6,10H2,(H,11,12);4H,1-3,7H2,(H,11,12)(H4,8,9,10);7H,4-5H2,1-3H3;1H3,(H2,3,4)/q;;+1;/p-1/t8-;4-;;/m00../s1. The number of likely N-dealkylation sites (N-methyl/N-ethyl adjacent to an activating group) is 1. The maximum absolute atomic E-state index is 10.3. The number of guanidine groups is 1. The number of nitrogens with two attached hydrogens (primary N) is 5. The van der Waals surface area contributed by atoms with E-state index in [0.717, 1.165) is 16.6 Å². The van der Waals surface area contributed by atoms with Crippen LogP contribution in [0.1, 0.15) is 25.3 Å². The minimum Gasteiger partial charge on any atom is -0.548 e. The second kappa shape index (κ2) is 21.3. The Bertz CT molecular complexity index is 732. The van der Waals surface area contributed by atoms with Crippen LogP contribution in [0.5, 0.6) is 0 Å². The number of carbonyl (C=O) groups excluding carboxylic acids is 2. The number of carbonyl (C=O) groups is 3. The van der Waals surface area contributed by atoms with Crippen molar-refractivity contribution >= 4 is 23.8 Å². The van der Waals surface area contributed by atoms with Crippen LogP contribution in [0.15, 0.2) is 35.3 Å². The predicted octanol–water partition coefficient (Wildman–Crippen LogP) is -3.07. The van der Waals surface area contributed by atoms with Gasteiger partial charge in [-0.3, -0.25) is 14.6 Å². The summed E-state index contributed by atoms with van der Waals surface area (Å²) in [4.78, 5) is 33.4. The number of carboxylic acid groups (broad SMARTS) is 2. The summed E-state index contributed by atoms with van der Waals surface area (Å²) in [5.74, 6) is -2.53. The van der Waals surface area contributed by atoms with Crippen LogP contribution in [-0.4, -0.2) is 91.4 Å². The molecule has 13 nitrogen and oxygen atoms in total. The van der Waals surface area contributed by atoms with Crippen LogP contribution in [0.3, 0.4) is 0 Å². The van der Waals surface area contributed by atoms with Gasteiger partial charge in [0.2, 0.25) is 5.91 Å². The van der Waals surface area contributed by atoms with Crippen LogP contribution < -0.4 is 33.8 Å². The van der Waals surface area contributed by atoms with E-state index in [4.69, 9.17) is 33.1 Å². The van der Waals surface area contributed by atoms with E-state index in [1.807, 2.05) is 30.3 Å². The van der Waals surface area contributed by atoms with Gasteiger partial charge < -0.3 is 53.3 Å². The van der Waals surface area contributed by atoms with Crippen molar-refractivity contribution in [3.63, 3.8) is 0 Å². The molecular weight excluding hydrogens is 458 g/mol. The fourth-order valence-electron chi connectivity index (χ4n) is 1.89. The first-order valence-electron chi connectivity index (χ1n) is 10.7. The number of nitrogens with zero attached hydrogens (tertiary/aromatic N) is 2. The molecule has 12 N–H and O–H groups in total. The summed E-state index contributed by atoms with van der Waals surface area (Å²) in [5, 5.41) is 27.0. The van der Waals surface area contributed by atoms with Crippen LogP contribution in [0.25, 0.3) is 0 Å². The van der Waals surface area contributed by atoms with E-state index in [1.165, 1.54) is 6.92 Å². The second-order valence-corrected chi connectivity index (χ2v) is 8.36. The largest absolute Gasteiger partial charge is 0.548 e. The first-order chi connectivity index (χ1) is 16.0. The number of rotatable bonds is 10. The average Bonchev–Trinajstić information content (AvgIpc) is 2.71. The third-order valence-electron chi connectivity index (χ3n) is 3.66. The van der Waals surface area contributed by atoms with Crippen molar-refractivity contribution in [1.29, 1.82) is 0 Å². The Kier molecular flexibility index (Phi) is 22.1. The van der Waals surface area contributed by atoms with Gasteiger partial charge in [0.1, 0.15) is 12.6 Å². The topological polar surface area (TPSA) is 257 Å². The van der Waals surface area contributed by atoms with Crippen LogP contribution in [0.2, 0.25) is 0 Å². The van der Waals surface area contributed by atoms with Gasteiger partial charge in [-0.05, 0) is 24.8 Å². The van der Waals surface area contributed by atoms with Crippen molar-refractivity contribution in [2.75, 3.05) is 40.8 Å². The predicted molar refractivity (Wildman–Crippen MR) is 134 cm³/mol. The molecule has 1 rings (SSSR count). The number of hydrogen-bond donors (Lipinski definition) is 7. The summed E-state index contributed by atoms with van der Waals surface area (Å²) < 4.78 is 0.844. The SMILES string of the molecule is CC(N)=O.C[N+](C)(C)CCO.NC(N)=NCCC[C@H](N)C(=O)O.N[C@@H](Cc1ccccc1)C(=O)[O-]. The van der Waals surface area contributed by atoms with Crippen molar-refractivity contribution < 1.29 is 34.2 Å². The number of primary amides is 1. The average molecular weight is 502 g/mol. The molecule has 0 aromatic heterocycles. The fraction of sp³-hybridized carbons (Fsp3) is 0.545. The molecule has 1 aromatic rings. The lowest BCUT2D eigenvalue weighted by molar-refractivity contribution is -0.870. The van der Waals surface area contributed by atoms with Crippen molar-refractivity contribution in [3.8, 4) is 0 Å². The molecule has 0 saturated carbocycles. The number of benzene rings is 1. The van der Waals surface area contributed by atoms with Crippen molar-refractivity contribution in [2.45, 2.75) is 38.3 Å². The van der Waals surface area contributed by atoms with E-state index >= 15 is 0 Å². The monoisotopic (exact) mass is 501 g/mol. The van der Waals surface area contributed by atoms with Gasteiger partial charge in [0, 0.05) is 19.5 Å². The summed E-state index contributed by atoms with van der Waals surface area (Å²) in [7, 11) is 6.16.